The Kier molecular flexibility index (Phi) is 4.05. The van der Waals surface area contributed by atoms with Crippen molar-refractivity contribution in [1.82, 2.24) is 9.55 Å². The maximum Gasteiger partial charge on any atom is 0.193 e. The third kappa shape index (κ3) is 2.29. The molecular formula is C14H8N2OY-2. The molecule has 1 heterocycles. The molecule has 0 fully saturated rings. The van der Waals surface area contributed by atoms with Gasteiger partial charge in [-0.3, -0.25) is 4.98 Å². The average Bonchev–Trinajstić information content (AvgIpc) is 2.41. The third-order valence-corrected chi connectivity index (χ3v) is 2.56. The van der Waals surface area contributed by atoms with Gasteiger partial charge >= 0.3 is 0 Å². The van der Waals surface area contributed by atoms with E-state index in [1.54, 1.807) is 10.6 Å². The Labute approximate surface area is 129 Å². The first-order valence-electron chi connectivity index (χ1n) is 5.23. The van der Waals surface area contributed by atoms with Crippen LogP contribution in [0.5, 0.6) is 0 Å². The number of fused-ring (bicyclic) bond motifs is 1. The van der Waals surface area contributed by atoms with Gasteiger partial charge in [0.05, 0.1) is 0 Å². The number of rotatable bonds is 1. The van der Waals surface area contributed by atoms with Crippen molar-refractivity contribution in [2.75, 3.05) is 0 Å². The Balaban J connectivity index is 0.00000120. The minimum Gasteiger partial charge on any atom is -0.442 e. The molecule has 1 radical (unpaired) electrons. The van der Waals surface area contributed by atoms with E-state index >= 15 is 0 Å². The molecule has 0 atom stereocenters. The molecule has 0 bridgehead atoms. The van der Waals surface area contributed by atoms with Gasteiger partial charge in [0.1, 0.15) is 0 Å². The first-order valence-corrected chi connectivity index (χ1v) is 5.23. The zero-order chi connectivity index (χ0) is 11.7. The van der Waals surface area contributed by atoms with Gasteiger partial charge in [0.25, 0.3) is 0 Å². The second kappa shape index (κ2) is 5.55. The molecule has 0 amide bonds. The van der Waals surface area contributed by atoms with Crippen LogP contribution in [0.2, 0.25) is 0 Å². The van der Waals surface area contributed by atoms with Crippen LogP contribution in [0, 0.1) is 12.4 Å². The summed E-state index contributed by atoms with van der Waals surface area (Å²) in [7, 11) is 0. The summed E-state index contributed by atoms with van der Waals surface area (Å²) in [5, 5.41) is 0.587. The molecule has 2 aromatic carbocycles. The molecule has 0 unspecified atom stereocenters. The SMILES string of the molecule is O=c1n[c-]n(-c2[c-]cccc2)c2ccccc12.[Y]. The fraction of sp³-hybridized carbons (Fsp3) is 0. The van der Waals surface area contributed by atoms with Gasteiger partial charge in [-0.25, -0.2) is 6.07 Å². The van der Waals surface area contributed by atoms with E-state index in [2.05, 4.69) is 17.4 Å². The minimum atomic E-state index is -0.257. The predicted molar refractivity (Wildman–Crippen MR) is 65.0 cm³/mol. The molecule has 18 heavy (non-hydrogen) atoms. The van der Waals surface area contributed by atoms with Crippen LogP contribution < -0.4 is 5.56 Å². The van der Waals surface area contributed by atoms with Crippen molar-refractivity contribution in [3.05, 3.63) is 71.3 Å². The summed E-state index contributed by atoms with van der Waals surface area (Å²) in [5.74, 6) is 0. The molecule has 0 aliphatic carbocycles. The summed E-state index contributed by atoms with van der Waals surface area (Å²) >= 11 is 0. The van der Waals surface area contributed by atoms with E-state index < -0.39 is 0 Å². The topological polar surface area (TPSA) is 34.9 Å². The Bertz CT molecular complexity index is 722. The standard InChI is InChI=1S/C14H8N2O.Y/c17-14-12-8-4-5-9-13(12)16(10-15-14)11-6-2-1-3-7-11;/h1-6,8-9H;/q-2;. The molecule has 3 rings (SSSR count). The van der Waals surface area contributed by atoms with E-state index in [0.29, 0.717) is 5.39 Å². The quantitative estimate of drug-likeness (QED) is 0.644. The summed E-state index contributed by atoms with van der Waals surface area (Å²) in [6.07, 6.45) is 2.72. The van der Waals surface area contributed by atoms with Crippen LogP contribution in [-0.4, -0.2) is 9.55 Å². The second-order valence-corrected chi connectivity index (χ2v) is 3.62. The van der Waals surface area contributed by atoms with Crippen molar-refractivity contribution in [3.63, 3.8) is 0 Å². The second-order valence-electron chi connectivity index (χ2n) is 3.62. The largest absolute Gasteiger partial charge is 0.442 e. The van der Waals surface area contributed by atoms with E-state index in [1.807, 2.05) is 42.5 Å². The Morgan fingerprint density at radius 2 is 1.83 bits per heavy atom. The fourth-order valence-electron chi connectivity index (χ4n) is 1.77. The van der Waals surface area contributed by atoms with Gasteiger partial charge < -0.3 is 9.36 Å². The first kappa shape index (κ1) is 13.1. The molecule has 0 aliphatic rings. The summed E-state index contributed by atoms with van der Waals surface area (Å²) < 4.78 is 1.73. The first-order chi connectivity index (χ1) is 8.36. The Morgan fingerprint density at radius 1 is 1.06 bits per heavy atom. The number of aromatic nitrogens is 2. The predicted octanol–water partition coefficient (Wildman–Crippen LogP) is 1.98. The van der Waals surface area contributed by atoms with E-state index in [9.17, 15) is 4.79 Å². The van der Waals surface area contributed by atoms with Crippen LogP contribution in [0.1, 0.15) is 0 Å². The summed E-state index contributed by atoms with van der Waals surface area (Å²) in [6, 6.07) is 17.9. The average molecular weight is 309 g/mol. The summed E-state index contributed by atoms with van der Waals surface area (Å²) in [5.41, 5.74) is 1.35. The van der Waals surface area contributed by atoms with Gasteiger partial charge in [-0.1, -0.05) is 24.3 Å². The molecule has 0 spiro atoms. The van der Waals surface area contributed by atoms with Crippen molar-refractivity contribution < 1.29 is 32.7 Å². The number of para-hydroxylation sites is 2. The number of nitrogens with zero attached hydrogens (tertiary/aromatic N) is 2. The van der Waals surface area contributed by atoms with Gasteiger partial charge in [0.15, 0.2) is 5.56 Å². The third-order valence-electron chi connectivity index (χ3n) is 2.56. The minimum absolute atomic E-state index is 0. The van der Waals surface area contributed by atoms with Crippen LogP contribution in [-0.2, 0) is 32.7 Å². The molecular weight excluding hydrogens is 301 g/mol. The van der Waals surface area contributed by atoms with Gasteiger partial charge in [0.2, 0.25) is 0 Å². The molecule has 0 saturated carbocycles. The summed E-state index contributed by atoms with van der Waals surface area (Å²) in [4.78, 5) is 15.3. The number of hydrogen-bond donors (Lipinski definition) is 0. The molecule has 0 N–H and O–H groups in total. The molecule has 0 aliphatic heterocycles. The number of benzene rings is 2. The Morgan fingerprint density at radius 3 is 2.61 bits per heavy atom. The maximum absolute atomic E-state index is 11.6. The van der Waals surface area contributed by atoms with Crippen LogP contribution in [0.25, 0.3) is 16.6 Å². The molecule has 3 nitrogen and oxygen atoms in total. The van der Waals surface area contributed by atoms with Gasteiger partial charge in [-0.2, -0.15) is 30.0 Å². The molecule has 3 aromatic rings. The molecule has 85 valence electrons. The summed E-state index contributed by atoms with van der Waals surface area (Å²) in [6.45, 7) is 0. The van der Waals surface area contributed by atoms with Crippen LogP contribution in [0.4, 0.5) is 0 Å². The van der Waals surface area contributed by atoms with Crippen LogP contribution in [0.15, 0.2) is 53.3 Å². The Hall–Kier alpha value is -1.32. The van der Waals surface area contributed by atoms with E-state index in [4.69, 9.17) is 0 Å². The van der Waals surface area contributed by atoms with E-state index in [1.165, 1.54) is 0 Å². The van der Waals surface area contributed by atoms with Gasteiger partial charge in [0, 0.05) is 39.0 Å². The molecule has 1 aromatic heterocycles. The van der Waals surface area contributed by atoms with E-state index in [0.717, 1.165) is 11.2 Å². The van der Waals surface area contributed by atoms with Gasteiger partial charge in [-0.05, 0) is 10.9 Å². The van der Waals surface area contributed by atoms with Crippen molar-refractivity contribution in [1.29, 1.82) is 0 Å². The zero-order valence-corrected chi connectivity index (χ0v) is 12.3. The van der Waals surface area contributed by atoms with Crippen molar-refractivity contribution in [2.45, 2.75) is 0 Å². The van der Waals surface area contributed by atoms with E-state index in [-0.39, 0.29) is 38.3 Å². The fourth-order valence-corrected chi connectivity index (χ4v) is 1.77. The van der Waals surface area contributed by atoms with Crippen molar-refractivity contribution >= 4 is 10.9 Å². The van der Waals surface area contributed by atoms with Crippen LogP contribution >= 0.6 is 0 Å². The van der Waals surface area contributed by atoms with Crippen LogP contribution in [0.3, 0.4) is 0 Å². The normalized spacial score (nSPS) is 10.0. The smallest absolute Gasteiger partial charge is 0.193 e. The van der Waals surface area contributed by atoms with Gasteiger partial charge in [-0.15, -0.1) is 0 Å². The number of hydrogen-bond acceptors (Lipinski definition) is 2. The van der Waals surface area contributed by atoms with Crippen molar-refractivity contribution in [3.8, 4) is 5.69 Å². The molecule has 4 heteroatoms. The molecule has 0 saturated heterocycles. The van der Waals surface area contributed by atoms with Crippen molar-refractivity contribution in [2.24, 2.45) is 0 Å². The maximum atomic E-state index is 11.6. The zero-order valence-electron chi connectivity index (χ0n) is 9.50. The monoisotopic (exact) mass is 309 g/mol.